The van der Waals surface area contributed by atoms with Gasteiger partial charge in [0.15, 0.2) is 0 Å². The van der Waals surface area contributed by atoms with E-state index in [1.165, 1.54) is 11.6 Å². The minimum atomic E-state index is -0.380. The van der Waals surface area contributed by atoms with Crippen LogP contribution in [0.25, 0.3) is 0 Å². The minimum Gasteiger partial charge on any atom is -0.394 e. The molecule has 60 valence electrons. The van der Waals surface area contributed by atoms with E-state index in [2.05, 4.69) is 4.98 Å². The van der Waals surface area contributed by atoms with Gasteiger partial charge in [-0.05, 0) is 6.92 Å². The Balaban J connectivity index is 3.59. The highest BCUT2D eigenvalue weighted by molar-refractivity contribution is 5.60. The number of hydrogen-bond donors (Lipinski definition) is 2. The highest BCUT2D eigenvalue weighted by Gasteiger charge is 2.04. The van der Waals surface area contributed by atoms with Crippen molar-refractivity contribution >= 4 is 11.5 Å². The lowest BCUT2D eigenvalue weighted by Gasteiger charge is -2.06. The van der Waals surface area contributed by atoms with Crippen molar-refractivity contribution in [3.8, 4) is 0 Å². The highest BCUT2D eigenvalue weighted by Crippen LogP contribution is 2.12. The summed E-state index contributed by atoms with van der Waals surface area (Å²) < 4.78 is 1.21. The molecule has 1 rings (SSSR count). The predicted molar refractivity (Wildman–Crippen MR) is 43.0 cm³/mol. The van der Waals surface area contributed by atoms with Crippen molar-refractivity contribution < 1.29 is 0 Å². The van der Waals surface area contributed by atoms with E-state index in [0.717, 1.165) is 0 Å². The van der Waals surface area contributed by atoms with Gasteiger partial charge in [-0.3, -0.25) is 4.57 Å². The van der Waals surface area contributed by atoms with Gasteiger partial charge in [-0.15, -0.1) is 0 Å². The molecule has 5 heteroatoms. The van der Waals surface area contributed by atoms with E-state index in [1.54, 1.807) is 6.92 Å². The van der Waals surface area contributed by atoms with Crippen LogP contribution in [0.5, 0.6) is 0 Å². The SMILES string of the molecule is Cc1nc(=O)n(C)c(N)c1N. The van der Waals surface area contributed by atoms with Gasteiger partial charge in [-0.1, -0.05) is 0 Å². The maximum atomic E-state index is 10.9. The van der Waals surface area contributed by atoms with Gasteiger partial charge >= 0.3 is 5.69 Å². The van der Waals surface area contributed by atoms with Crippen LogP contribution in [0.3, 0.4) is 0 Å². The molecule has 0 spiro atoms. The Morgan fingerprint density at radius 1 is 1.45 bits per heavy atom. The normalized spacial score (nSPS) is 10.0. The van der Waals surface area contributed by atoms with Gasteiger partial charge in [0.2, 0.25) is 0 Å². The molecule has 0 unspecified atom stereocenters. The highest BCUT2D eigenvalue weighted by atomic mass is 16.1. The zero-order valence-corrected chi connectivity index (χ0v) is 6.46. The minimum absolute atomic E-state index is 0.266. The van der Waals surface area contributed by atoms with Gasteiger partial charge in [0.25, 0.3) is 0 Å². The van der Waals surface area contributed by atoms with Crippen LogP contribution in [0.1, 0.15) is 5.69 Å². The lowest BCUT2D eigenvalue weighted by molar-refractivity contribution is 0.816. The van der Waals surface area contributed by atoms with E-state index in [4.69, 9.17) is 11.5 Å². The van der Waals surface area contributed by atoms with E-state index in [9.17, 15) is 4.79 Å². The van der Waals surface area contributed by atoms with Crippen LogP contribution in [0.15, 0.2) is 4.79 Å². The summed E-state index contributed by atoms with van der Waals surface area (Å²) in [4.78, 5) is 14.6. The molecule has 0 bridgehead atoms. The van der Waals surface area contributed by atoms with Crippen molar-refractivity contribution in [2.24, 2.45) is 7.05 Å². The molecule has 1 aromatic heterocycles. The molecule has 5 nitrogen and oxygen atoms in total. The summed E-state index contributed by atoms with van der Waals surface area (Å²) in [5, 5.41) is 0. The first-order chi connectivity index (χ1) is 5.04. The molecule has 0 aliphatic rings. The fraction of sp³-hybridized carbons (Fsp3) is 0.333. The third-order valence-electron chi connectivity index (χ3n) is 1.58. The summed E-state index contributed by atoms with van der Waals surface area (Å²) >= 11 is 0. The molecule has 1 heterocycles. The first kappa shape index (κ1) is 7.59. The van der Waals surface area contributed by atoms with Crippen molar-refractivity contribution in [2.75, 3.05) is 11.5 Å². The average molecular weight is 154 g/mol. The molecule has 0 saturated carbocycles. The van der Waals surface area contributed by atoms with Gasteiger partial charge in [0, 0.05) is 7.05 Å². The Kier molecular flexibility index (Phi) is 1.56. The van der Waals surface area contributed by atoms with Crippen LogP contribution in [-0.2, 0) is 7.05 Å². The van der Waals surface area contributed by atoms with Crippen molar-refractivity contribution in [1.82, 2.24) is 9.55 Å². The number of aryl methyl sites for hydroxylation is 1. The Morgan fingerprint density at radius 2 is 2.00 bits per heavy atom. The summed E-state index contributed by atoms with van der Waals surface area (Å²) in [5.74, 6) is 0.266. The third-order valence-corrected chi connectivity index (χ3v) is 1.58. The second-order valence-electron chi connectivity index (χ2n) is 2.34. The molecule has 0 atom stereocenters. The van der Waals surface area contributed by atoms with E-state index >= 15 is 0 Å². The number of nitrogens with two attached hydrogens (primary N) is 2. The van der Waals surface area contributed by atoms with Crippen LogP contribution in [-0.4, -0.2) is 9.55 Å². The maximum absolute atomic E-state index is 10.9. The number of hydrogen-bond acceptors (Lipinski definition) is 4. The number of anilines is 2. The standard InChI is InChI=1S/C6H10N4O/c1-3-4(7)5(8)10(2)6(11)9-3/h7-8H2,1-2H3. The lowest BCUT2D eigenvalue weighted by atomic mass is 10.3. The van der Waals surface area contributed by atoms with Crippen molar-refractivity contribution in [1.29, 1.82) is 0 Å². The van der Waals surface area contributed by atoms with Crippen LogP contribution in [0.4, 0.5) is 11.5 Å². The molecule has 1 aromatic rings. The van der Waals surface area contributed by atoms with Gasteiger partial charge < -0.3 is 11.5 Å². The molecular weight excluding hydrogens is 144 g/mol. The Labute approximate surface area is 63.7 Å². The molecular formula is C6H10N4O. The Morgan fingerprint density at radius 3 is 2.55 bits per heavy atom. The smallest absolute Gasteiger partial charge is 0.349 e. The Hall–Kier alpha value is -1.52. The Bertz CT molecular complexity index is 341. The molecule has 0 aliphatic heterocycles. The van der Waals surface area contributed by atoms with Crippen LogP contribution in [0, 0.1) is 6.92 Å². The summed E-state index contributed by atoms with van der Waals surface area (Å²) in [7, 11) is 1.53. The number of rotatable bonds is 0. The summed E-state index contributed by atoms with van der Waals surface area (Å²) in [6.07, 6.45) is 0. The summed E-state index contributed by atoms with van der Waals surface area (Å²) in [6, 6.07) is 0. The van der Waals surface area contributed by atoms with Crippen LogP contribution >= 0.6 is 0 Å². The van der Waals surface area contributed by atoms with Crippen LogP contribution < -0.4 is 17.2 Å². The zero-order valence-electron chi connectivity index (χ0n) is 6.46. The van der Waals surface area contributed by atoms with E-state index in [-0.39, 0.29) is 11.5 Å². The quantitative estimate of drug-likeness (QED) is 0.515. The molecule has 0 amide bonds. The summed E-state index contributed by atoms with van der Waals surface area (Å²) in [5.41, 5.74) is 11.5. The van der Waals surface area contributed by atoms with Crippen molar-refractivity contribution in [2.45, 2.75) is 6.92 Å². The maximum Gasteiger partial charge on any atom is 0.349 e. The molecule has 11 heavy (non-hydrogen) atoms. The van der Waals surface area contributed by atoms with Gasteiger partial charge in [-0.2, -0.15) is 4.98 Å². The first-order valence-corrected chi connectivity index (χ1v) is 3.12. The first-order valence-electron chi connectivity index (χ1n) is 3.12. The average Bonchev–Trinajstić information content (AvgIpc) is 1.97. The molecule has 0 saturated heterocycles. The monoisotopic (exact) mass is 154 g/mol. The fourth-order valence-corrected chi connectivity index (χ4v) is 0.748. The second kappa shape index (κ2) is 2.26. The second-order valence-corrected chi connectivity index (χ2v) is 2.34. The zero-order chi connectivity index (χ0) is 8.59. The third kappa shape index (κ3) is 1.04. The van der Waals surface area contributed by atoms with Crippen molar-refractivity contribution in [3.05, 3.63) is 16.2 Å². The topological polar surface area (TPSA) is 86.9 Å². The summed E-state index contributed by atoms with van der Waals surface area (Å²) in [6.45, 7) is 1.65. The number of nitrogen functional groups attached to an aromatic ring is 2. The van der Waals surface area contributed by atoms with Gasteiger partial charge in [0.1, 0.15) is 5.82 Å². The fourth-order valence-electron chi connectivity index (χ4n) is 0.748. The van der Waals surface area contributed by atoms with E-state index in [0.29, 0.717) is 11.4 Å². The lowest BCUT2D eigenvalue weighted by Crippen LogP contribution is -2.25. The molecule has 0 aromatic carbocycles. The van der Waals surface area contributed by atoms with Crippen LogP contribution in [0.2, 0.25) is 0 Å². The van der Waals surface area contributed by atoms with Gasteiger partial charge in [-0.25, -0.2) is 4.79 Å². The largest absolute Gasteiger partial charge is 0.394 e. The predicted octanol–water partition coefficient (Wildman–Crippen LogP) is -0.747. The van der Waals surface area contributed by atoms with E-state index in [1.807, 2.05) is 0 Å². The number of aromatic nitrogens is 2. The van der Waals surface area contributed by atoms with E-state index < -0.39 is 0 Å². The number of nitrogens with zero attached hydrogens (tertiary/aromatic N) is 2. The molecule has 4 N–H and O–H groups in total. The molecule has 0 fully saturated rings. The van der Waals surface area contributed by atoms with Gasteiger partial charge in [0.05, 0.1) is 11.4 Å². The molecule has 0 aliphatic carbocycles. The molecule has 0 radical (unpaired) electrons. The van der Waals surface area contributed by atoms with Crippen molar-refractivity contribution in [3.63, 3.8) is 0 Å².